The molecule has 1 fully saturated rings. The van der Waals surface area contributed by atoms with Crippen molar-refractivity contribution in [2.75, 3.05) is 13.1 Å². The second-order valence-electron chi connectivity index (χ2n) is 6.18. The third-order valence-corrected chi connectivity index (χ3v) is 4.97. The zero-order valence-electron chi connectivity index (χ0n) is 13.7. The molecule has 8 nitrogen and oxygen atoms in total. The predicted molar refractivity (Wildman–Crippen MR) is 93.4 cm³/mol. The Bertz CT molecular complexity index is 835. The summed E-state index contributed by atoms with van der Waals surface area (Å²) in [7, 11) is 0. The van der Waals surface area contributed by atoms with E-state index in [2.05, 4.69) is 31.4 Å². The zero-order chi connectivity index (χ0) is 18.7. The van der Waals surface area contributed by atoms with E-state index in [1.165, 1.54) is 6.07 Å². The first-order chi connectivity index (χ1) is 12.5. The van der Waals surface area contributed by atoms with Crippen LogP contribution in [-0.2, 0) is 12.8 Å². The van der Waals surface area contributed by atoms with Gasteiger partial charge in [0.15, 0.2) is 5.69 Å². The average Bonchev–Trinajstić information content (AvgIpc) is 3.02. The largest absolute Gasteiger partial charge is 0.411 e. The van der Waals surface area contributed by atoms with Crippen LogP contribution in [0.15, 0.2) is 32.5 Å². The molecule has 2 aromatic rings. The Morgan fingerprint density at radius 3 is 2.88 bits per heavy atom. The lowest BCUT2D eigenvalue weighted by molar-refractivity contribution is 0.122. The molecule has 1 aliphatic rings. The number of carbonyl (C=O) groups excluding carboxylic acids is 1. The molecule has 1 saturated heterocycles. The summed E-state index contributed by atoms with van der Waals surface area (Å²) in [6.45, 7) is 1.25. The molecular weight excluding hydrogens is 409 g/mol. The maximum atomic E-state index is 13.4. The molecule has 2 heterocycles. The number of nitrogens with two attached hydrogens (primary N) is 1. The van der Waals surface area contributed by atoms with Crippen molar-refractivity contribution < 1.29 is 19.0 Å². The van der Waals surface area contributed by atoms with Gasteiger partial charge in [-0.2, -0.15) is 0 Å². The number of amides is 2. The van der Waals surface area contributed by atoms with Crippen LogP contribution in [0.5, 0.6) is 0 Å². The summed E-state index contributed by atoms with van der Waals surface area (Å²) in [6.07, 6.45) is 1.60. The standard InChI is InChI=1S/C16H17BrFN5O3/c17-11-5-9(1-3-12(11)18)6-14(20-25)15-13(21-26-22-15)4-2-10-7-23(8-10)16(19)24/h1,3,5,10,25H,2,4,6-8H2,(H2,19,24)/b20-14+. The molecule has 0 aliphatic carbocycles. The number of benzene rings is 1. The number of aryl methyl sites for hydroxylation is 1. The molecule has 1 aromatic heterocycles. The van der Waals surface area contributed by atoms with Crippen LogP contribution in [0.3, 0.4) is 0 Å². The Labute approximate surface area is 156 Å². The minimum absolute atomic E-state index is 0.246. The highest BCUT2D eigenvalue weighted by Gasteiger charge is 2.29. The number of hydrogen-bond acceptors (Lipinski definition) is 6. The van der Waals surface area contributed by atoms with E-state index in [0.29, 0.717) is 41.3 Å². The van der Waals surface area contributed by atoms with Gasteiger partial charge in [0.1, 0.15) is 17.2 Å². The van der Waals surface area contributed by atoms with Gasteiger partial charge >= 0.3 is 6.03 Å². The monoisotopic (exact) mass is 425 g/mol. The van der Waals surface area contributed by atoms with Gasteiger partial charge in [0.2, 0.25) is 0 Å². The number of oxime groups is 1. The number of aromatic nitrogens is 2. The second-order valence-corrected chi connectivity index (χ2v) is 7.03. The van der Waals surface area contributed by atoms with E-state index < -0.39 is 6.03 Å². The quantitative estimate of drug-likeness (QED) is 0.418. The van der Waals surface area contributed by atoms with Crippen molar-refractivity contribution in [3.63, 3.8) is 0 Å². The summed E-state index contributed by atoms with van der Waals surface area (Å²) in [6, 6.07) is 4.13. The third-order valence-electron chi connectivity index (χ3n) is 4.36. The molecule has 0 atom stereocenters. The van der Waals surface area contributed by atoms with Crippen molar-refractivity contribution in [1.29, 1.82) is 0 Å². The number of urea groups is 1. The van der Waals surface area contributed by atoms with Gasteiger partial charge in [-0.3, -0.25) is 0 Å². The summed E-state index contributed by atoms with van der Waals surface area (Å²) < 4.78 is 18.5. The second kappa shape index (κ2) is 7.81. The van der Waals surface area contributed by atoms with Crippen molar-refractivity contribution in [2.24, 2.45) is 16.8 Å². The predicted octanol–water partition coefficient (Wildman–Crippen LogP) is 2.34. The summed E-state index contributed by atoms with van der Waals surface area (Å²) >= 11 is 3.13. The van der Waals surface area contributed by atoms with E-state index in [1.807, 2.05) is 0 Å². The van der Waals surface area contributed by atoms with E-state index in [0.717, 1.165) is 12.0 Å². The minimum Gasteiger partial charge on any atom is -0.411 e. The van der Waals surface area contributed by atoms with Crippen molar-refractivity contribution >= 4 is 27.7 Å². The molecule has 3 N–H and O–H groups in total. The van der Waals surface area contributed by atoms with Crippen molar-refractivity contribution in [2.45, 2.75) is 19.3 Å². The van der Waals surface area contributed by atoms with Gasteiger partial charge in [-0.15, -0.1) is 0 Å². The lowest BCUT2D eigenvalue weighted by Gasteiger charge is -2.37. The highest BCUT2D eigenvalue weighted by Crippen LogP contribution is 2.22. The van der Waals surface area contributed by atoms with Crippen LogP contribution in [0, 0.1) is 11.7 Å². The summed E-state index contributed by atoms with van der Waals surface area (Å²) in [5.41, 5.74) is 7.19. The summed E-state index contributed by atoms with van der Waals surface area (Å²) in [5, 5.41) is 20.4. The molecule has 10 heteroatoms. The first-order valence-corrected chi connectivity index (χ1v) is 8.78. The van der Waals surface area contributed by atoms with Crippen molar-refractivity contribution in [3.05, 3.63) is 45.4 Å². The lowest BCUT2D eigenvalue weighted by atomic mass is 9.93. The third kappa shape index (κ3) is 4.01. The Hall–Kier alpha value is -2.49. The number of likely N-dealkylation sites (tertiary alicyclic amines) is 1. The van der Waals surface area contributed by atoms with Crippen molar-refractivity contribution in [1.82, 2.24) is 15.2 Å². The molecule has 1 aromatic carbocycles. The first-order valence-electron chi connectivity index (χ1n) is 7.99. The van der Waals surface area contributed by atoms with Crippen molar-refractivity contribution in [3.8, 4) is 0 Å². The summed E-state index contributed by atoms with van der Waals surface area (Å²) in [5.74, 6) is -0.0276. The average molecular weight is 426 g/mol. The molecule has 0 bridgehead atoms. The van der Waals surface area contributed by atoms with E-state index in [1.54, 1.807) is 17.0 Å². The minimum atomic E-state index is -0.412. The number of primary amides is 1. The van der Waals surface area contributed by atoms with E-state index in [9.17, 15) is 14.4 Å². The van der Waals surface area contributed by atoms with Gasteiger partial charge in [0, 0.05) is 19.5 Å². The van der Waals surface area contributed by atoms with Crippen LogP contribution in [0.4, 0.5) is 9.18 Å². The fourth-order valence-corrected chi connectivity index (χ4v) is 3.30. The fourth-order valence-electron chi connectivity index (χ4n) is 2.87. The number of carbonyl (C=O) groups is 1. The number of hydrogen-bond donors (Lipinski definition) is 2. The summed E-state index contributed by atoms with van der Waals surface area (Å²) in [4.78, 5) is 12.6. The van der Waals surface area contributed by atoms with Gasteiger partial charge in [0.05, 0.1) is 4.47 Å². The van der Waals surface area contributed by atoms with E-state index >= 15 is 0 Å². The fraction of sp³-hybridized carbons (Fsp3) is 0.375. The maximum absolute atomic E-state index is 13.4. The van der Waals surface area contributed by atoms with Crippen LogP contribution >= 0.6 is 15.9 Å². The molecular formula is C16H17BrFN5O3. The van der Waals surface area contributed by atoms with Crippen LogP contribution < -0.4 is 5.73 Å². The molecule has 138 valence electrons. The van der Waals surface area contributed by atoms with E-state index in [-0.39, 0.29) is 17.9 Å². The molecule has 0 radical (unpaired) electrons. The van der Waals surface area contributed by atoms with Gasteiger partial charge in [-0.1, -0.05) is 16.4 Å². The number of rotatable bonds is 6. The lowest BCUT2D eigenvalue weighted by Crippen LogP contribution is -2.52. The number of halogens is 2. The van der Waals surface area contributed by atoms with Gasteiger partial charge < -0.3 is 15.8 Å². The Balaban J connectivity index is 1.64. The maximum Gasteiger partial charge on any atom is 0.314 e. The Morgan fingerprint density at radius 2 is 2.23 bits per heavy atom. The van der Waals surface area contributed by atoms with Crippen LogP contribution in [0.1, 0.15) is 23.4 Å². The zero-order valence-corrected chi connectivity index (χ0v) is 15.3. The number of nitrogens with zero attached hydrogens (tertiary/aromatic N) is 4. The molecule has 0 spiro atoms. The highest BCUT2D eigenvalue weighted by atomic mass is 79.9. The Morgan fingerprint density at radius 1 is 1.46 bits per heavy atom. The topological polar surface area (TPSA) is 118 Å². The van der Waals surface area contributed by atoms with Crippen LogP contribution in [-0.4, -0.2) is 45.3 Å². The van der Waals surface area contributed by atoms with E-state index in [4.69, 9.17) is 10.4 Å². The highest BCUT2D eigenvalue weighted by molar-refractivity contribution is 9.10. The molecule has 0 saturated carbocycles. The van der Waals surface area contributed by atoms with Crippen LogP contribution in [0.2, 0.25) is 0 Å². The molecule has 2 amide bonds. The SMILES string of the molecule is NC(=O)N1CC(CCc2nonc2/C(Cc2ccc(F)c(Br)c2)=N/O)C1. The Kier molecular flexibility index (Phi) is 5.50. The van der Waals surface area contributed by atoms with Gasteiger partial charge in [-0.25, -0.2) is 13.8 Å². The normalized spacial score (nSPS) is 15.2. The van der Waals surface area contributed by atoms with Crippen LogP contribution in [0.25, 0.3) is 0 Å². The first kappa shape index (κ1) is 18.3. The van der Waals surface area contributed by atoms with Gasteiger partial charge in [0.25, 0.3) is 0 Å². The molecule has 1 aliphatic heterocycles. The molecule has 0 unspecified atom stereocenters. The van der Waals surface area contributed by atoms with Gasteiger partial charge in [-0.05, 0) is 57.5 Å². The molecule has 26 heavy (non-hydrogen) atoms. The smallest absolute Gasteiger partial charge is 0.314 e. The molecule has 3 rings (SSSR count).